The molecule has 2 saturated heterocycles. The van der Waals surface area contributed by atoms with Crippen molar-refractivity contribution in [1.29, 1.82) is 0 Å². The van der Waals surface area contributed by atoms with Gasteiger partial charge in [-0.25, -0.2) is 36.4 Å². The van der Waals surface area contributed by atoms with E-state index < -0.39 is 19.1 Å². The van der Waals surface area contributed by atoms with Crippen molar-refractivity contribution in [2.24, 2.45) is 24.9 Å². The zero-order valence-electron chi connectivity index (χ0n) is 39.2. The molecule has 0 aliphatic carbocycles. The highest BCUT2D eigenvalue weighted by atomic mass is 35.7. The SMILES string of the molecule is C.CS(=O)(=O)Cl.Cn1c(=O)n(CC(C)(C)C)c2ccc(-c3cccc(N4CCN(S(C)(=O)=O)CC4)c3)nc21.Cn1c(=O)n(CC(C)(C)C)c2ccc(-c3cccc(N4CCNCC4)c3)nc21. The molecule has 2 aromatic carbocycles. The van der Waals surface area contributed by atoms with Crippen LogP contribution in [0.2, 0.25) is 0 Å². The maximum absolute atomic E-state index is 12.8. The summed E-state index contributed by atoms with van der Waals surface area (Å²) in [5.74, 6) is 0. The summed E-state index contributed by atoms with van der Waals surface area (Å²) >= 11 is 0. The predicted molar refractivity (Wildman–Crippen MR) is 271 cm³/mol. The van der Waals surface area contributed by atoms with E-state index >= 15 is 0 Å². The van der Waals surface area contributed by atoms with E-state index in [4.69, 9.17) is 9.97 Å². The molecule has 360 valence electrons. The second kappa shape index (κ2) is 20.5. The van der Waals surface area contributed by atoms with E-state index in [1.807, 2.05) is 47.0 Å². The van der Waals surface area contributed by atoms with E-state index in [-0.39, 0.29) is 29.6 Å². The molecule has 0 spiro atoms. The number of hydrogen-bond donors (Lipinski definition) is 1. The van der Waals surface area contributed by atoms with Crippen molar-refractivity contribution in [3.05, 3.63) is 93.8 Å². The Balaban J connectivity index is 0.000000223. The van der Waals surface area contributed by atoms with Crippen molar-refractivity contribution in [2.75, 3.05) is 74.7 Å². The quantitative estimate of drug-likeness (QED) is 0.181. The van der Waals surface area contributed by atoms with Crippen LogP contribution in [0.5, 0.6) is 0 Å². The van der Waals surface area contributed by atoms with Crippen molar-refractivity contribution < 1.29 is 16.8 Å². The van der Waals surface area contributed by atoms with Gasteiger partial charge in [0.2, 0.25) is 19.1 Å². The Kier molecular flexibility index (Phi) is 16.1. The van der Waals surface area contributed by atoms with E-state index in [1.54, 1.807) is 27.8 Å². The lowest BCUT2D eigenvalue weighted by molar-refractivity contribution is 0.342. The maximum Gasteiger partial charge on any atom is 0.330 e. The first-order chi connectivity index (χ1) is 30.3. The van der Waals surface area contributed by atoms with Gasteiger partial charge in [0.05, 0.1) is 34.9 Å². The number of imidazole rings is 2. The zero-order chi connectivity index (χ0) is 47.6. The Morgan fingerprint density at radius 3 is 1.35 bits per heavy atom. The van der Waals surface area contributed by atoms with E-state index in [1.165, 1.54) is 16.2 Å². The number of pyridine rings is 2. The van der Waals surface area contributed by atoms with Gasteiger partial charge in [-0.3, -0.25) is 18.3 Å². The van der Waals surface area contributed by atoms with Gasteiger partial charge in [0.15, 0.2) is 11.3 Å². The lowest BCUT2D eigenvalue weighted by atomic mass is 9.97. The van der Waals surface area contributed by atoms with Crippen LogP contribution in [-0.4, -0.2) is 114 Å². The normalized spacial score (nSPS) is 15.2. The van der Waals surface area contributed by atoms with Crippen molar-refractivity contribution in [3.63, 3.8) is 0 Å². The highest BCUT2D eigenvalue weighted by Crippen LogP contribution is 2.29. The molecule has 2 aliphatic heterocycles. The summed E-state index contributed by atoms with van der Waals surface area (Å²) in [6.07, 6.45) is 2.18. The van der Waals surface area contributed by atoms with E-state index in [9.17, 15) is 26.4 Å². The van der Waals surface area contributed by atoms with Crippen LogP contribution in [0.1, 0.15) is 49.0 Å². The van der Waals surface area contributed by atoms with Gasteiger partial charge >= 0.3 is 11.4 Å². The minimum Gasteiger partial charge on any atom is -0.369 e. The summed E-state index contributed by atoms with van der Waals surface area (Å²) in [5, 5.41) is 3.39. The van der Waals surface area contributed by atoms with Crippen LogP contribution in [0, 0.1) is 10.8 Å². The molecule has 6 aromatic rings. The average molecular weight is 968 g/mol. The molecule has 0 unspecified atom stereocenters. The molecular formula is C47H67ClN10O6S2. The molecule has 2 aliphatic rings. The molecule has 0 atom stereocenters. The molecule has 0 amide bonds. The summed E-state index contributed by atoms with van der Waals surface area (Å²) in [7, 11) is 1.72. The van der Waals surface area contributed by atoms with Crippen molar-refractivity contribution in [2.45, 2.75) is 62.1 Å². The zero-order valence-corrected chi connectivity index (χ0v) is 41.6. The molecule has 6 heterocycles. The summed E-state index contributed by atoms with van der Waals surface area (Å²) in [5.41, 5.74) is 9.07. The Morgan fingerprint density at radius 1 is 0.606 bits per heavy atom. The molecule has 66 heavy (non-hydrogen) atoms. The molecule has 19 heteroatoms. The summed E-state index contributed by atoms with van der Waals surface area (Å²) in [6.45, 7) is 20.4. The molecule has 0 radical (unpaired) electrons. The number of aromatic nitrogens is 6. The number of nitrogens with zero attached hydrogens (tertiary/aromatic N) is 9. The van der Waals surface area contributed by atoms with Crippen LogP contribution in [0.15, 0.2) is 82.4 Å². The van der Waals surface area contributed by atoms with Gasteiger partial charge in [-0.2, -0.15) is 4.31 Å². The van der Waals surface area contributed by atoms with Crippen LogP contribution in [0.4, 0.5) is 11.4 Å². The van der Waals surface area contributed by atoms with Crippen molar-refractivity contribution >= 4 is 63.5 Å². The molecule has 1 N–H and O–H groups in total. The van der Waals surface area contributed by atoms with Crippen LogP contribution in [0.25, 0.3) is 44.8 Å². The molecule has 2 fully saturated rings. The Bertz CT molecular complexity index is 3000. The molecular weight excluding hydrogens is 900 g/mol. The highest BCUT2D eigenvalue weighted by molar-refractivity contribution is 8.13. The van der Waals surface area contributed by atoms with Crippen LogP contribution >= 0.6 is 10.7 Å². The largest absolute Gasteiger partial charge is 0.369 e. The lowest BCUT2D eigenvalue weighted by Gasteiger charge is -2.34. The first kappa shape index (κ1) is 52.0. The van der Waals surface area contributed by atoms with E-state index in [2.05, 4.69) is 97.7 Å². The molecule has 16 nitrogen and oxygen atoms in total. The number of piperazine rings is 2. The number of hydrogen-bond acceptors (Lipinski definition) is 11. The second-order valence-electron chi connectivity index (χ2n) is 19.2. The smallest absolute Gasteiger partial charge is 0.330 e. The lowest BCUT2D eigenvalue weighted by Crippen LogP contribution is -2.48. The number of aryl methyl sites for hydroxylation is 2. The number of nitrogens with one attached hydrogen (secondary N) is 1. The number of anilines is 2. The third-order valence-electron chi connectivity index (χ3n) is 11.1. The number of benzene rings is 2. The summed E-state index contributed by atoms with van der Waals surface area (Å²) < 4.78 is 50.8. The Morgan fingerprint density at radius 2 is 0.985 bits per heavy atom. The fourth-order valence-corrected chi connectivity index (χ4v) is 8.87. The third kappa shape index (κ3) is 13.1. The molecule has 0 bridgehead atoms. The van der Waals surface area contributed by atoms with Gasteiger partial charge in [-0.15, -0.1) is 0 Å². The third-order valence-corrected chi connectivity index (χ3v) is 12.4. The summed E-state index contributed by atoms with van der Waals surface area (Å²) in [4.78, 5) is 39.8. The Hall–Kier alpha value is -5.01. The van der Waals surface area contributed by atoms with Crippen molar-refractivity contribution in [3.8, 4) is 22.5 Å². The topological polar surface area (TPSA) is 170 Å². The minimum absolute atomic E-state index is 0. The number of fused-ring (bicyclic) bond motifs is 2. The number of rotatable bonds is 7. The van der Waals surface area contributed by atoms with Gasteiger partial charge in [0, 0.05) is 113 Å². The van der Waals surface area contributed by atoms with Crippen LogP contribution < -0.4 is 26.5 Å². The predicted octanol–water partition coefficient (Wildman–Crippen LogP) is 6.21. The standard InChI is InChI=1S/C23H31N5O3S.C22H29N5O.CH3ClO2S.CH4/c1-23(2,3)16-28-20-10-9-19(24-21(20)25(4)22(28)29)17-7-6-8-18(15-17)26-11-13-27(14-12-26)32(5,30)31;1-22(2,3)15-27-19-9-8-18(24-20(19)25(4)21(27)28)16-6-5-7-17(14-16)26-12-10-23-11-13-26;1-5(2,3)4;/h6-10,15H,11-14,16H2,1-5H3;5-9,14,23H,10-13,15H2,1-4H3;1H3;1H4. The van der Waals surface area contributed by atoms with Gasteiger partial charge in [-0.1, -0.05) is 73.2 Å². The van der Waals surface area contributed by atoms with Crippen LogP contribution in [0.3, 0.4) is 0 Å². The average Bonchev–Trinajstić information content (AvgIpc) is 3.61. The second-order valence-corrected chi connectivity index (χ2v) is 24.3. The number of sulfonamides is 1. The van der Waals surface area contributed by atoms with E-state index in [0.717, 1.165) is 77.3 Å². The monoisotopic (exact) mass is 966 g/mol. The van der Waals surface area contributed by atoms with Gasteiger partial charge < -0.3 is 15.1 Å². The first-order valence-electron chi connectivity index (χ1n) is 21.7. The van der Waals surface area contributed by atoms with E-state index in [0.29, 0.717) is 44.9 Å². The van der Waals surface area contributed by atoms with Gasteiger partial charge in [-0.05, 0) is 59.4 Å². The highest BCUT2D eigenvalue weighted by Gasteiger charge is 2.25. The molecule has 8 rings (SSSR count). The van der Waals surface area contributed by atoms with Gasteiger partial charge in [0.1, 0.15) is 0 Å². The summed E-state index contributed by atoms with van der Waals surface area (Å²) in [6, 6.07) is 24.6. The molecule has 4 aromatic heterocycles. The number of halogens is 1. The van der Waals surface area contributed by atoms with Gasteiger partial charge in [0.25, 0.3) is 0 Å². The minimum atomic E-state index is -3.19. The Labute approximate surface area is 394 Å². The first-order valence-corrected chi connectivity index (χ1v) is 26.2. The van der Waals surface area contributed by atoms with Crippen molar-refractivity contribution in [1.82, 2.24) is 37.9 Å². The molecule has 0 saturated carbocycles. The fourth-order valence-electron chi connectivity index (χ4n) is 8.05. The maximum atomic E-state index is 12.8. The van der Waals surface area contributed by atoms with Crippen LogP contribution in [-0.2, 0) is 46.3 Å². The fraction of sp³-hybridized carbons (Fsp3) is 0.489.